The maximum Gasteiger partial charge on any atom is 0.276 e. The van der Waals surface area contributed by atoms with Gasteiger partial charge >= 0.3 is 0 Å². The first-order chi connectivity index (χ1) is 12.2. The molecule has 1 fully saturated rings. The first-order valence-electron chi connectivity index (χ1n) is 7.85. The molecule has 3 rings (SSSR count). The van der Waals surface area contributed by atoms with E-state index in [1.165, 1.54) is 11.1 Å². The second-order valence-electron chi connectivity index (χ2n) is 6.20. The summed E-state index contributed by atoms with van der Waals surface area (Å²) in [7, 11) is -4.09. The second-order valence-corrected chi connectivity index (χ2v) is 8.13. The maximum atomic E-state index is 13.4. The van der Waals surface area contributed by atoms with Crippen LogP contribution in [0.2, 0.25) is 0 Å². The van der Waals surface area contributed by atoms with Crippen molar-refractivity contribution in [1.29, 1.82) is 0 Å². The third kappa shape index (κ3) is 3.31. The van der Waals surface area contributed by atoms with Gasteiger partial charge in [-0.1, -0.05) is 5.21 Å². The molecule has 0 radical (unpaired) electrons. The molecular weight excluding hydrogens is 368 g/mol. The fourth-order valence-corrected chi connectivity index (χ4v) is 4.78. The Kier molecular flexibility index (Phi) is 4.76. The summed E-state index contributed by atoms with van der Waals surface area (Å²) in [6.45, 7) is 3.38. The van der Waals surface area contributed by atoms with Gasteiger partial charge in [0, 0.05) is 31.2 Å². The monoisotopic (exact) mass is 385 g/mol. The molecule has 8 nitrogen and oxygen atoms in total. The van der Waals surface area contributed by atoms with Crippen molar-refractivity contribution in [2.45, 2.75) is 30.8 Å². The van der Waals surface area contributed by atoms with Crippen LogP contribution in [0.5, 0.6) is 0 Å². The average Bonchev–Trinajstić information content (AvgIpc) is 3.07. The van der Waals surface area contributed by atoms with Crippen LogP contribution in [0.1, 0.15) is 24.3 Å². The highest BCUT2D eigenvalue weighted by Gasteiger charge is 2.39. The van der Waals surface area contributed by atoms with Crippen LogP contribution in [0.25, 0.3) is 0 Å². The van der Waals surface area contributed by atoms with E-state index < -0.39 is 38.6 Å². The molecule has 1 N–H and O–H groups in total. The van der Waals surface area contributed by atoms with Crippen LogP contribution < -0.4 is 0 Å². The minimum Gasteiger partial charge on any atom is -0.329 e. The van der Waals surface area contributed by atoms with Gasteiger partial charge in [0.05, 0.1) is 11.1 Å². The number of aromatic nitrogens is 3. The maximum absolute atomic E-state index is 13.4. The molecule has 1 aliphatic rings. The van der Waals surface area contributed by atoms with Gasteiger partial charge in [-0.25, -0.2) is 17.2 Å². The normalized spacial score (nSPS) is 21.8. The van der Waals surface area contributed by atoms with E-state index in [0.717, 1.165) is 16.4 Å². The Hall–Kier alpha value is -2.40. The van der Waals surface area contributed by atoms with Gasteiger partial charge in [-0.05, 0) is 26.0 Å². The van der Waals surface area contributed by atoms with Crippen LogP contribution in [-0.2, 0) is 10.0 Å². The van der Waals surface area contributed by atoms with Crippen molar-refractivity contribution in [3.05, 3.63) is 41.7 Å². The quantitative estimate of drug-likeness (QED) is 0.850. The van der Waals surface area contributed by atoms with Crippen LogP contribution in [0, 0.1) is 11.6 Å². The Morgan fingerprint density at radius 2 is 1.73 bits per heavy atom. The summed E-state index contributed by atoms with van der Waals surface area (Å²) >= 11 is 0. The van der Waals surface area contributed by atoms with Crippen molar-refractivity contribution in [3.8, 4) is 0 Å². The topological polar surface area (TPSA) is 99.3 Å². The zero-order chi connectivity index (χ0) is 19.1. The molecule has 0 bridgehead atoms. The zero-order valence-corrected chi connectivity index (χ0v) is 14.9. The van der Waals surface area contributed by atoms with E-state index in [-0.39, 0.29) is 24.7 Å². The fraction of sp³-hybridized carbons (Fsp3) is 0.400. The van der Waals surface area contributed by atoms with E-state index in [4.69, 9.17) is 0 Å². The van der Waals surface area contributed by atoms with Crippen molar-refractivity contribution in [2.24, 2.45) is 0 Å². The van der Waals surface area contributed by atoms with E-state index in [9.17, 15) is 22.0 Å². The van der Waals surface area contributed by atoms with Gasteiger partial charge in [-0.15, -0.1) is 5.10 Å². The van der Waals surface area contributed by atoms with E-state index in [1.807, 2.05) is 0 Å². The standard InChI is InChI=1S/C15H17F2N5O3S/c1-9-7-21(26(24,25)13-4-11(16)3-12(17)5-13)8-10(2)22(9)15(23)14-6-18-20-19-14/h3-6,9-10H,7-8H2,1-2H3,(H,18,19,20)/t9-,10+. The number of amides is 1. The molecule has 1 aromatic carbocycles. The van der Waals surface area contributed by atoms with Crippen LogP contribution >= 0.6 is 0 Å². The van der Waals surface area contributed by atoms with Crippen LogP contribution in [0.4, 0.5) is 8.78 Å². The van der Waals surface area contributed by atoms with E-state index in [1.54, 1.807) is 13.8 Å². The summed E-state index contributed by atoms with van der Waals surface area (Å²) in [6.07, 6.45) is 1.36. The smallest absolute Gasteiger partial charge is 0.276 e. The Morgan fingerprint density at radius 3 is 2.23 bits per heavy atom. The molecule has 1 saturated heterocycles. The SMILES string of the molecule is C[C@@H]1CN(S(=O)(=O)c2cc(F)cc(F)c2)C[C@H](C)N1C(=O)c1c[nH]nn1. The highest BCUT2D eigenvalue weighted by Crippen LogP contribution is 2.25. The predicted octanol–water partition coefficient (Wildman–Crippen LogP) is 1.01. The van der Waals surface area contributed by atoms with E-state index >= 15 is 0 Å². The molecule has 0 unspecified atom stereocenters. The number of H-pyrrole nitrogens is 1. The molecule has 26 heavy (non-hydrogen) atoms. The van der Waals surface area contributed by atoms with Gasteiger partial charge in [0.2, 0.25) is 10.0 Å². The molecule has 1 aliphatic heterocycles. The number of sulfonamides is 1. The number of rotatable bonds is 3. The van der Waals surface area contributed by atoms with Gasteiger partial charge in [0.1, 0.15) is 11.6 Å². The molecule has 2 aromatic rings. The minimum atomic E-state index is -4.09. The Balaban J connectivity index is 1.85. The summed E-state index contributed by atoms with van der Waals surface area (Å²) in [5.74, 6) is -2.30. The summed E-state index contributed by atoms with van der Waals surface area (Å²) in [5, 5.41) is 9.64. The number of carbonyl (C=O) groups is 1. The van der Waals surface area contributed by atoms with Crippen LogP contribution in [0.15, 0.2) is 29.3 Å². The van der Waals surface area contributed by atoms with Crippen molar-refractivity contribution >= 4 is 15.9 Å². The molecule has 140 valence electrons. The first kappa shape index (κ1) is 18.4. The molecule has 0 spiro atoms. The highest BCUT2D eigenvalue weighted by molar-refractivity contribution is 7.89. The number of nitrogens with one attached hydrogen (secondary N) is 1. The number of aromatic amines is 1. The van der Waals surface area contributed by atoms with Crippen molar-refractivity contribution in [2.75, 3.05) is 13.1 Å². The van der Waals surface area contributed by atoms with E-state index in [2.05, 4.69) is 15.4 Å². The Bertz CT molecular complexity index is 887. The number of hydrogen-bond acceptors (Lipinski definition) is 5. The highest BCUT2D eigenvalue weighted by atomic mass is 32.2. The Labute approximate surface area is 148 Å². The molecule has 0 saturated carbocycles. The number of nitrogens with zero attached hydrogens (tertiary/aromatic N) is 4. The summed E-state index contributed by atoms with van der Waals surface area (Å²) in [5.41, 5.74) is 0.132. The molecule has 2 heterocycles. The lowest BCUT2D eigenvalue weighted by atomic mass is 10.1. The third-order valence-corrected chi connectivity index (χ3v) is 6.04. The predicted molar refractivity (Wildman–Crippen MR) is 86.6 cm³/mol. The van der Waals surface area contributed by atoms with E-state index in [0.29, 0.717) is 6.07 Å². The average molecular weight is 385 g/mol. The van der Waals surface area contributed by atoms with Gasteiger partial charge in [-0.2, -0.15) is 4.31 Å². The lowest BCUT2D eigenvalue weighted by Gasteiger charge is -2.43. The second kappa shape index (κ2) is 6.72. The fourth-order valence-electron chi connectivity index (χ4n) is 3.14. The first-order valence-corrected chi connectivity index (χ1v) is 9.29. The van der Waals surface area contributed by atoms with Crippen LogP contribution in [0.3, 0.4) is 0 Å². The number of piperazine rings is 1. The lowest BCUT2D eigenvalue weighted by Crippen LogP contribution is -2.59. The zero-order valence-electron chi connectivity index (χ0n) is 14.1. The Morgan fingerprint density at radius 1 is 1.15 bits per heavy atom. The van der Waals surface area contributed by atoms with Gasteiger partial charge < -0.3 is 4.90 Å². The molecule has 11 heteroatoms. The summed E-state index contributed by atoms with van der Waals surface area (Å²) < 4.78 is 53.5. The van der Waals surface area contributed by atoms with Gasteiger partial charge in [-0.3, -0.25) is 9.89 Å². The van der Waals surface area contributed by atoms with Crippen molar-refractivity contribution in [1.82, 2.24) is 24.6 Å². The van der Waals surface area contributed by atoms with Crippen molar-refractivity contribution in [3.63, 3.8) is 0 Å². The summed E-state index contributed by atoms with van der Waals surface area (Å²) in [4.78, 5) is 13.6. The number of benzene rings is 1. The molecule has 1 aromatic heterocycles. The van der Waals surface area contributed by atoms with Crippen LogP contribution in [-0.4, -0.2) is 64.1 Å². The lowest BCUT2D eigenvalue weighted by molar-refractivity contribution is 0.0434. The number of hydrogen-bond donors (Lipinski definition) is 1. The van der Waals surface area contributed by atoms with Gasteiger partial charge in [0.25, 0.3) is 5.91 Å². The third-order valence-electron chi connectivity index (χ3n) is 4.23. The minimum absolute atomic E-state index is 0.00556. The molecule has 0 aliphatic carbocycles. The number of halogens is 2. The van der Waals surface area contributed by atoms with Gasteiger partial charge in [0.15, 0.2) is 5.69 Å². The molecule has 2 atom stereocenters. The largest absolute Gasteiger partial charge is 0.329 e. The molecule has 1 amide bonds. The number of carbonyl (C=O) groups excluding carboxylic acids is 1. The summed E-state index contributed by atoms with van der Waals surface area (Å²) in [6, 6.07) is 1.24. The van der Waals surface area contributed by atoms with Crippen molar-refractivity contribution < 1.29 is 22.0 Å². The molecular formula is C15H17F2N5O3S.